The molecule has 0 N–H and O–H groups in total. The van der Waals surface area contributed by atoms with Gasteiger partial charge in [-0.05, 0) is 30.9 Å². The maximum absolute atomic E-state index is 6.09. The minimum Gasteiger partial charge on any atom is -0.340 e. The maximum Gasteiger partial charge on any atom is 0.0946 e. The topological polar surface area (TPSA) is 17.8 Å². The predicted octanol–water partition coefficient (Wildman–Crippen LogP) is 3.25. The van der Waals surface area contributed by atoms with Gasteiger partial charge in [0, 0.05) is 18.3 Å². The van der Waals surface area contributed by atoms with Crippen molar-refractivity contribution in [3.8, 4) is 0 Å². The molecule has 0 aliphatic rings. The lowest BCUT2D eigenvalue weighted by atomic mass is 10.1. The minimum atomic E-state index is 0.864. The highest BCUT2D eigenvalue weighted by molar-refractivity contribution is 6.31. The van der Waals surface area contributed by atoms with Crippen LogP contribution in [0.3, 0.4) is 0 Å². The van der Waals surface area contributed by atoms with Gasteiger partial charge < -0.3 is 4.57 Å². The fraction of sp³-hybridized carbons (Fsp3) is 0.308. The first-order valence-electron chi connectivity index (χ1n) is 5.46. The van der Waals surface area contributed by atoms with Gasteiger partial charge in [-0.25, -0.2) is 4.98 Å². The molecule has 0 radical (unpaired) electrons. The van der Waals surface area contributed by atoms with Crippen LogP contribution in [0.25, 0.3) is 0 Å². The Morgan fingerprint density at radius 1 is 1.25 bits per heavy atom. The fourth-order valence-corrected chi connectivity index (χ4v) is 1.99. The van der Waals surface area contributed by atoms with E-state index in [-0.39, 0.29) is 0 Å². The highest BCUT2D eigenvalue weighted by Gasteiger charge is 2.00. The van der Waals surface area contributed by atoms with Gasteiger partial charge in [0.05, 0.1) is 12.0 Å². The van der Waals surface area contributed by atoms with E-state index in [4.69, 9.17) is 11.6 Å². The number of imidazole rings is 1. The molecule has 84 valence electrons. The third-order valence-corrected chi connectivity index (χ3v) is 2.96. The van der Waals surface area contributed by atoms with Gasteiger partial charge >= 0.3 is 0 Å². The Hall–Kier alpha value is -1.28. The predicted molar refractivity (Wildman–Crippen MR) is 66.7 cm³/mol. The largest absolute Gasteiger partial charge is 0.340 e. The second-order valence-electron chi connectivity index (χ2n) is 3.98. The number of aryl methyl sites for hydroxylation is 3. The molecule has 1 heterocycles. The lowest BCUT2D eigenvalue weighted by Gasteiger charge is -2.02. The van der Waals surface area contributed by atoms with Gasteiger partial charge in [-0.15, -0.1) is 0 Å². The van der Waals surface area contributed by atoms with Crippen LogP contribution >= 0.6 is 11.6 Å². The molecule has 0 unspecified atom stereocenters. The normalized spacial score (nSPS) is 10.6. The number of hydrogen-bond acceptors (Lipinski definition) is 1. The zero-order valence-electron chi connectivity index (χ0n) is 9.36. The molecule has 0 aliphatic heterocycles. The van der Waals surface area contributed by atoms with Gasteiger partial charge in [-0.2, -0.15) is 0 Å². The number of hydrogen-bond donors (Lipinski definition) is 0. The van der Waals surface area contributed by atoms with Crippen LogP contribution in [0.2, 0.25) is 5.02 Å². The van der Waals surface area contributed by atoms with Crippen molar-refractivity contribution in [3.63, 3.8) is 0 Å². The summed E-state index contributed by atoms with van der Waals surface area (Å²) in [4.78, 5) is 4.30. The van der Waals surface area contributed by atoms with Crippen LogP contribution in [0.4, 0.5) is 0 Å². The molecular formula is C13H15ClN2. The molecule has 3 heteroatoms. The molecule has 1 aromatic carbocycles. The molecule has 0 atom stereocenters. The van der Waals surface area contributed by atoms with Crippen molar-refractivity contribution in [2.75, 3.05) is 0 Å². The van der Waals surface area contributed by atoms with Gasteiger partial charge in [0.1, 0.15) is 0 Å². The van der Waals surface area contributed by atoms with Crippen LogP contribution in [0.5, 0.6) is 0 Å². The average molecular weight is 235 g/mol. The monoisotopic (exact) mass is 234 g/mol. The first kappa shape index (κ1) is 11.2. The number of benzene rings is 1. The first-order chi connectivity index (χ1) is 7.75. The molecule has 0 aliphatic carbocycles. The summed E-state index contributed by atoms with van der Waals surface area (Å²) in [6.07, 6.45) is 7.00. The lowest BCUT2D eigenvalue weighted by Crippen LogP contribution is -1.91. The second kappa shape index (κ2) is 5.17. The SMILES string of the molecule is Cn1cnc(CCCc2ccccc2Cl)c1. The quantitative estimate of drug-likeness (QED) is 0.794. The molecule has 16 heavy (non-hydrogen) atoms. The van der Waals surface area contributed by atoms with Gasteiger partial charge in [0.15, 0.2) is 0 Å². The standard InChI is InChI=1S/C13H15ClN2/c1-16-9-12(15-10-16)7-4-6-11-5-2-3-8-13(11)14/h2-3,5,8-10H,4,6-7H2,1H3. The van der Waals surface area contributed by atoms with E-state index < -0.39 is 0 Å². The van der Waals surface area contributed by atoms with Crippen LogP contribution in [-0.4, -0.2) is 9.55 Å². The number of aromatic nitrogens is 2. The Balaban J connectivity index is 1.87. The van der Waals surface area contributed by atoms with E-state index in [2.05, 4.69) is 17.2 Å². The van der Waals surface area contributed by atoms with Gasteiger partial charge in [-0.1, -0.05) is 29.8 Å². The van der Waals surface area contributed by atoms with Gasteiger partial charge in [0.2, 0.25) is 0 Å². The second-order valence-corrected chi connectivity index (χ2v) is 4.38. The third kappa shape index (κ3) is 2.86. The molecule has 1 aromatic heterocycles. The first-order valence-corrected chi connectivity index (χ1v) is 5.84. The summed E-state index contributed by atoms with van der Waals surface area (Å²) in [5.74, 6) is 0. The van der Waals surface area contributed by atoms with E-state index in [9.17, 15) is 0 Å². The summed E-state index contributed by atoms with van der Waals surface area (Å²) < 4.78 is 1.98. The Kier molecular flexibility index (Phi) is 3.62. The highest BCUT2D eigenvalue weighted by Crippen LogP contribution is 2.17. The lowest BCUT2D eigenvalue weighted by molar-refractivity contribution is 0.802. The zero-order chi connectivity index (χ0) is 11.4. The van der Waals surface area contributed by atoms with Crippen molar-refractivity contribution in [1.29, 1.82) is 0 Å². The van der Waals surface area contributed by atoms with Gasteiger partial charge in [-0.3, -0.25) is 0 Å². The number of nitrogens with zero attached hydrogens (tertiary/aromatic N) is 2. The summed E-state index contributed by atoms with van der Waals surface area (Å²) in [5, 5.41) is 0.864. The molecule has 0 amide bonds. The molecule has 0 bridgehead atoms. The van der Waals surface area contributed by atoms with Crippen molar-refractivity contribution in [1.82, 2.24) is 9.55 Å². The van der Waals surface area contributed by atoms with Crippen LogP contribution < -0.4 is 0 Å². The van der Waals surface area contributed by atoms with E-state index >= 15 is 0 Å². The fourth-order valence-electron chi connectivity index (χ4n) is 1.76. The van der Waals surface area contributed by atoms with E-state index in [1.165, 1.54) is 5.56 Å². The smallest absolute Gasteiger partial charge is 0.0946 e. The molecule has 0 saturated carbocycles. The summed E-state index contributed by atoms with van der Waals surface area (Å²) >= 11 is 6.09. The summed E-state index contributed by atoms with van der Waals surface area (Å²) in [6.45, 7) is 0. The van der Waals surface area contributed by atoms with E-state index in [0.29, 0.717) is 0 Å². The highest BCUT2D eigenvalue weighted by atomic mass is 35.5. The van der Waals surface area contributed by atoms with Crippen molar-refractivity contribution in [3.05, 3.63) is 53.1 Å². The maximum atomic E-state index is 6.09. The van der Waals surface area contributed by atoms with Gasteiger partial charge in [0.25, 0.3) is 0 Å². The molecule has 2 nitrogen and oxygen atoms in total. The third-order valence-electron chi connectivity index (χ3n) is 2.60. The molecule has 0 spiro atoms. The van der Waals surface area contributed by atoms with Crippen molar-refractivity contribution in [2.45, 2.75) is 19.3 Å². The molecule has 2 aromatic rings. The molecule has 2 rings (SSSR count). The van der Waals surface area contributed by atoms with Crippen molar-refractivity contribution < 1.29 is 0 Å². The van der Waals surface area contributed by atoms with Crippen LogP contribution in [-0.2, 0) is 19.9 Å². The van der Waals surface area contributed by atoms with E-state index in [1.807, 2.05) is 36.1 Å². The summed E-state index contributed by atoms with van der Waals surface area (Å²) in [5.41, 5.74) is 2.37. The molecule has 0 fully saturated rings. The van der Waals surface area contributed by atoms with Crippen LogP contribution in [0.1, 0.15) is 17.7 Å². The Bertz CT molecular complexity index is 462. The minimum absolute atomic E-state index is 0.864. The summed E-state index contributed by atoms with van der Waals surface area (Å²) in [7, 11) is 1.99. The van der Waals surface area contributed by atoms with E-state index in [0.717, 1.165) is 30.0 Å². The zero-order valence-corrected chi connectivity index (χ0v) is 10.1. The molecular weight excluding hydrogens is 220 g/mol. The Labute approximate surface area is 101 Å². The Morgan fingerprint density at radius 2 is 2.06 bits per heavy atom. The number of halogens is 1. The van der Waals surface area contributed by atoms with Crippen LogP contribution in [0.15, 0.2) is 36.8 Å². The summed E-state index contributed by atoms with van der Waals surface area (Å²) in [6, 6.07) is 8.02. The van der Waals surface area contributed by atoms with Crippen molar-refractivity contribution in [2.24, 2.45) is 7.05 Å². The molecule has 0 saturated heterocycles. The van der Waals surface area contributed by atoms with E-state index in [1.54, 1.807) is 0 Å². The average Bonchev–Trinajstić information content (AvgIpc) is 2.67. The Morgan fingerprint density at radius 3 is 2.75 bits per heavy atom. The number of rotatable bonds is 4. The van der Waals surface area contributed by atoms with Crippen molar-refractivity contribution >= 4 is 11.6 Å². The van der Waals surface area contributed by atoms with Crippen LogP contribution in [0, 0.1) is 0 Å².